The molecule has 0 spiro atoms. The molecule has 1 fully saturated rings. The summed E-state index contributed by atoms with van der Waals surface area (Å²) in [5, 5.41) is 0. The van der Waals surface area contributed by atoms with E-state index < -0.39 is 11.2 Å². The Labute approximate surface area is 111 Å². The number of nitrogens with zero attached hydrogens (tertiary/aromatic N) is 1. The molecule has 1 aliphatic rings. The van der Waals surface area contributed by atoms with Crippen molar-refractivity contribution in [3.05, 3.63) is 24.0 Å². The molecule has 4 nitrogen and oxygen atoms in total. The highest BCUT2D eigenvalue weighted by Gasteiger charge is 2.50. The van der Waals surface area contributed by atoms with Gasteiger partial charge in [-0.15, -0.1) is 0 Å². The smallest absolute Gasteiger partial charge is 0.240 e. The molecule has 5 heteroatoms. The van der Waals surface area contributed by atoms with Gasteiger partial charge in [0.1, 0.15) is 5.82 Å². The number of imide groups is 1. The van der Waals surface area contributed by atoms with Crippen LogP contribution in [0.2, 0.25) is 0 Å². The Kier molecular flexibility index (Phi) is 3.30. The van der Waals surface area contributed by atoms with Gasteiger partial charge in [-0.2, -0.15) is 0 Å². The van der Waals surface area contributed by atoms with Gasteiger partial charge in [0.05, 0.1) is 16.8 Å². The van der Waals surface area contributed by atoms with E-state index in [0.29, 0.717) is 12.8 Å². The van der Waals surface area contributed by atoms with E-state index in [4.69, 9.17) is 5.73 Å². The normalized spacial score (nSPS) is 18.2. The van der Waals surface area contributed by atoms with Crippen molar-refractivity contribution in [1.82, 2.24) is 0 Å². The summed E-state index contributed by atoms with van der Waals surface area (Å²) in [5.74, 6) is -1.11. The molecule has 0 bridgehead atoms. The second-order valence-electron chi connectivity index (χ2n) is 4.90. The lowest BCUT2D eigenvalue weighted by Crippen LogP contribution is -2.35. The standard InChI is InChI=1S/C14H17FN2O2/c1-3-14(4-2)8-12(18)17(13(14)19)11-7-9(15)5-6-10(11)16/h5-7H,3-4,8,16H2,1-2H3. The third-order valence-electron chi connectivity index (χ3n) is 3.98. The van der Waals surface area contributed by atoms with Gasteiger partial charge in [-0.1, -0.05) is 13.8 Å². The Balaban J connectivity index is 2.49. The van der Waals surface area contributed by atoms with Gasteiger partial charge in [-0.3, -0.25) is 9.59 Å². The highest BCUT2D eigenvalue weighted by molar-refractivity contribution is 6.23. The molecule has 0 radical (unpaired) electrons. The fourth-order valence-corrected chi connectivity index (χ4v) is 2.55. The first-order valence-electron chi connectivity index (χ1n) is 6.37. The van der Waals surface area contributed by atoms with E-state index >= 15 is 0 Å². The van der Waals surface area contributed by atoms with Crippen LogP contribution in [0.5, 0.6) is 0 Å². The number of anilines is 2. The maximum Gasteiger partial charge on any atom is 0.240 e. The molecule has 0 saturated carbocycles. The van der Waals surface area contributed by atoms with Crippen LogP contribution in [0.25, 0.3) is 0 Å². The molecule has 0 aliphatic carbocycles. The zero-order chi connectivity index (χ0) is 14.2. The molecular weight excluding hydrogens is 247 g/mol. The van der Waals surface area contributed by atoms with Gasteiger partial charge in [-0.05, 0) is 25.0 Å². The van der Waals surface area contributed by atoms with E-state index in [1.165, 1.54) is 12.1 Å². The van der Waals surface area contributed by atoms with Crippen LogP contribution in [0.1, 0.15) is 33.1 Å². The van der Waals surface area contributed by atoms with Crippen molar-refractivity contribution in [3.8, 4) is 0 Å². The van der Waals surface area contributed by atoms with Crippen molar-refractivity contribution in [2.75, 3.05) is 10.6 Å². The quantitative estimate of drug-likeness (QED) is 0.673. The number of halogens is 1. The number of benzene rings is 1. The number of hydrogen-bond acceptors (Lipinski definition) is 3. The largest absolute Gasteiger partial charge is 0.397 e. The molecule has 1 aromatic rings. The van der Waals surface area contributed by atoms with E-state index in [1.54, 1.807) is 0 Å². The van der Waals surface area contributed by atoms with Gasteiger partial charge < -0.3 is 5.73 Å². The van der Waals surface area contributed by atoms with E-state index in [-0.39, 0.29) is 29.6 Å². The highest BCUT2D eigenvalue weighted by Crippen LogP contribution is 2.42. The minimum Gasteiger partial charge on any atom is -0.397 e. The topological polar surface area (TPSA) is 63.4 Å². The molecule has 1 heterocycles. The van der Waals surface area contributed by atoms with E-state index in [2.05, 4.69) is 0 Å². The molecule has 1 aliphatic heterocycles. The number of rotatable bonds is 3. The highest BCUT2D eigenvalue weighted by atomic mass is 19.1. The van der Waals surface area contributed by atoms with Crippen molar-refractivity contribution < 1.29 is 14.0 Å². The van der Waals surface area contributed by atoms with Crippen molar-refractivity contribution >= 4 is 23.2 Å². The predicted octanol–water partition coefficient (Wildman–Crippen LogP) is 2.48. The average molecular weight is 264 g/mol. The second kappa shape index (κ2) is 4.64. The third-order valence-corrected chi connectivity index (χ3v) is 3.98. The number of carbonyl (C=O) groups is 2. The van der Waals surface area contributed by atoms with Crippen molar-refractivity contribution in [2.24, 2.45) is 5.41 Å². The Morgan fingerprint density at radius 2 is 1.95 bits per heavy atom. The van der Waals surface area contributed by atoms with Gasteiger partial charge in [0.25, 0.3) is 0 Å². The summed E-state index contributed by atoms with van der Waals surface area (Å²) in [4.78, 5) is 25.6. The Morgan fingerprint density at radius 1 is 1.32 bits per heavy atom. The first-order chi connectivity index (χ1) is 8.95. The molecule has 2 rings (SSSR count). The first kappa shape index (κ1) is 13.5. The van der Waals surface area contributed by atoms with Crippen LogP contribution in [-0.2, 0) is 9.59 Å². The fraction of sp³-hybridized carbons (Fsp3) is 0.429. The summed E-state index contributed by atoms with van der Waals surface area (Å²) >= 11 is 0. The van der Waals surface area contributed by atoms with Gasteiger partial charge in [0, 0.05) is 12.5 Å². The molecular formula is C14H17FN2O2. The first-order valence-corrected chi connectivity index (χ1v) is 6.37. The average Bonchev–Trinajstić information content (AvgIpc) is 2.64. The van der Waals surface area contributed by atoms with Crippen LogP contribution in [0.4, 0.5) is 15.8 Å². The van der Waals surface area contributed by atoms with Crippen LogP contribution >= 0.6 is 0 Å². The number of nitrogen functional groups attached to an aromatic ring is 1. The van der Waals surface area contributed by atoms with Crippen LogP contribution < -0.4 is 10.6 Å². The molecule has 2 amide bonds. The van der Waals surface area contributed by atoms with E-state index in [1.807, 2.05) is 13.8 Å². The van der Waals surface area contributed by atoms with Crippen molar-refractivity contribution in [1.29, 1.82) is 0 Å². The molecule has 1 saturated heterocycles. The Hall–Kier alpha value is -1.91. The number of amides is 2. The van der Waals surface area contributed by atoms with Gasteiger partial charge >= 0.3 is 0 Å². The second-order valence-corrected chi connectivity index (χ2v) is 4.90. The van der Waals surface area contributed by atoms with Crippen LogP contribution in [0, 0.1) is 11.2 Å². The zero-order valence-electron chi connectivity index (χ0n) is 11.1. The lowest BCUT2D eigenvalue weighted by Gasteiger charge is -2.24. The molecule has 0 atom stereocenters. The summed E-state index contributed by atoms with van der Waals surface area (Å²) in [6.07, 6.45) is 1.33. The maximum atomic E-state index is 13.3. The summed E-state index contributed by atoms with van der Waals surface area (Å²) in [5.41, 5.74) is 5.46. The molecule has 2 N–H and O–H groups in total. The van der Waals surface area contributed by atoms with Crippen LogP contribution in [0.3, 0.4) is 0 Å². The summed E-state index contributed by atoms with van der Waals surface area (Å²) < 4.78 is 13.3. The maximum absolute atomic E-state index is 13.3. The zero-order valence-corrected chi connectivity index (χ0v) is 11.1. The van der Waals surface area contributed by atoms with Crippen molar-refractivity contribution in [3.63, 3.8) is 0 Å². The summed E-state index contributed by atoms with van der Waals surface area (Å²) in [6, 6.07) is 3.70. The van der Waals surface area contributed by atoms with Gasteiger partial charge in [0.2, 0.25) is 11.8 Å². The fourth-order valence-electron chi connectivity index (χ4n) is 2.55. The Bertz CT molecular complexity index is 538. The molecule has 102 valence electrons. The van der Waals surface area contributed by atoms with E-state index in [9.17, 15) is 14.0 Å². The molecule has 0 aromatic heterocycles. The third kappa shape index (κ3) is 1.99. The summed E-state index contributed by atoms with van der Waals surface area (Å²) in [7, 11) is 0. The summed E-state index contributed by atoms with van der Waals surface area (Å²) in [6.45, 7) is 3.76. The van der Waals surface area contributed by atoms with Crippen LogP contribution in [-0.4, -0.2) is 11.8 Å². The molecule has 1 aromatic carbocycles. The van der Waals surface area contributed by atoms with E-state index in [0.717, 1.165) is 11.0 Å². The predicted molar refractivity (Wildman–Crippen MR) is 70.9 cm³/mol. The minimum atomic E-state index is -0.671. The Morgan fingerprint density at radius 3 is 2.47 bits per heavy atom. The van der Waals surface area contributed by atoms with Crippen LogP contribution in [0.15, 0.2) is 18.2 Å². The molecule has 0 unspecified atom stereocenters. The van der Waals surface area contributed by atoms with Gasteiger partial charge in [0.15, 0.2) is 0 Å². The number of carbonyl (C=O) groups excluding carboxylic acids is 2. The number of nitrogens with two attached hydrogens (primary N) is 1. The molecule has 19 heavy (non-hydrogen) atoms. The van der Waals surface area contributed by atoms with Gasteiger partial charge in [-0.25, -0.2) is 9.29 Å². The van der Waals surface area contributed by atoms with Crippen molar-refractivity contribution in [2.45, 2.75) is 33.1 Å². The lowest BCUT2D eigenvalue weighted by molar-refractivity contribution is -0.126. The number of hydrogen-bond donors (Lipinski definition) is 1. The minimum absolute atomic E-state index is 0.152. The monoisotopic (exact) mass is 264 g/mol. The SMILES string of the molecule is CCC1(CC)CC(=O)N(c2cc(F)ccc2N)C1=O. The lowest BCUT2D eigenvalue weighted by atomic mass is 9.81.